The predicted molar refractivity (Wildman–Crippen MR) is 44.7 cm³/mol. The molecule has 2 amide bonds. The average molecular weight is 171 g/mol. The Bertz CT molecular complexity index is 258. The summed E-state index contributed by atoms with van der Waals surface area (Å²) >= 11 is 1.38. The first-order chi connectivity index (χ1) is 5.22. The van der Waals surface area contributed by atoms with Gasteiger partial charge in [0.05, 0.1) is 5.69 Å². The van der Waals surface area contributed by atoms with Crippen molar-refractivity contribution in [2.24, 2.45) is 5.73 Å². The molecule has 5 heteroatoms. The minimum absolute atomic E-state index is 0.564. The van der Waals surface area contributed by atoms with Crippen LogP contribution in [0, 0.1) is 0 Å². The van der Waals surface area contributed by atoms with Crippen molar-refractivity contribution in [3.63, 3.8) is 0 Å². The summed E-state index contributed by atoms with van der Waals surface area (Å²) in [5.41, 5.74) is 5.86. The number of amides is 2. The van der Waals surface area contributed by atoms with Crippen molar-refractivity contribution >= 4 is 22.5 Å². The molecule has 1 aromatic rings. The van der Waals surface area contributed by atoms with Crippen LogP contribution in [-0.2, 0) is 6.42 Å². The second-order valence-corrected chi connectivity index (χ2v) is 2.84. The third kappa shape index (κ3) is 2.19. The zero-order chi connectivity index (χ0) is 8.27. The number of hydrogen-bond donors (Lipinski definition) is 2. The van der Waals surface area contributed by atoms with Gasteiger partial charge in [-0.05, 0) is 6.42 Å². The molecule has 0 fully saturated rings. The van der Waals surface area contributed by atoms with Gasteiger partial charge in [-0.1, -0.05) is 6.92 Å². The first-order valence-electron chi connectivity index (χ1n) is 3.23. The fourth-order valence-corrected chi connectivity index (χ4v) is 1.43. The zero-order valence-electron chi connectivity index (χ0n) is 6.13. The van der Waals surface area contributed by atoms with E-state index in [4.69, 9.17) is 5.73 Å². The fourth-order valence-electron chi connectivity index (χ4n) is 0.632. The van der Waals surface area contributed by atoms with Gasteiger partial charge in [-0.15, -0.1) is 11.3 Å². The monoisotopic (exact) mass is 171 g/mol. The zero-order valence-corrected chi connectivity index (χ0v) is 6.94. The number of rotatable bonds is 2. The molecule has 0 saturated carbocycles. The van der Waals surface area contributed by atoms with Gasteiger partial charge in [0.15, 0.2) is 5.13 Å². The van der Waals surface area contributed by atoms with Crippen molar-refractivity contribution in [3.8, 4) is 0 Å². The summed E-state index contributed by atoms with van der Waals surface area (Å²) in [4.78, 5) is 14.4. The second kappa shape index (κ2) is 3.34. The van der Waals surface area contributed by atoms with Crippen molar-refractivity contribution in [2.45, 2.75) is 13.3 Å². The summed E-state index contributed by atoms with van der Waals surface area (Å²) in [6, 6.07) is -0.568. The smallest absolute Gasteiger partial charge is 0.318 e. The van der Waals surface area contributed by atoms with Crippen LogP contribution in [0.3, 0.4) is 0 Å². The number of carbonyl (C=O) groups excluding carboxylic acids is 1. The summed E-state index contributed by atoms with van der Waals surface area (Å²) in [6.45, 7) is 2.00. The number of nitrogens with two attached hydrogens (primary N) is 1. The lowest BCUT2D eigenvalue weighted by Crippen LogP contribution is -2.19. The van der Waals surface area contributed by atoms with E-state index in [1.54, 1.807) is 0 Å². The first kappa shape index (κ1) is 8.00. The molecule has 60 valence electrons. The van der Waals surface area contributed by atoms with Crippen LogP contribution in [0.1, 0.15) is 12.6 Å². The first-order valence-corrected chi connectivity index (χ1v) is 4.11. The predicted octanol–water partition coefficient (Wildman–Crippen LogP) is 1.20. The number of aryl methyl sites for hydroxylation is 1. The molecule has 4 nitrogen and oxygen atoms in total. The quantitative estimate of drug-likeness (QED) is 0.702. The molecule has 0 unspecified atom stereocenters. The molecule has 0 atom stereocenters. The summed E-state index contributed by atoms with van der Waals surface area (Å²) in [7, 11) is 0. The van der Waals surface area contributed by atoms with Gasteiger partial charge in [-0.3, -0.25) is 5.32 Å². The van der Waals surface area contributed by atoms with Crippen LogP contribution in [0.2, 0.25) is 0 Å². The van der Waals surface area contributed by atoms with Crippen molar-refractivity contribution in [3.05, 3.63) is 11.1 Å². The number of primary amides is 1. The maximum atomic E-state index is 10.3. The van der Waals surface area contributed by atoms with Crippen molar-refractivity contribution in [1.29, 1.82) is 0 Å². The lowest BCUT2D eigenvalue weighted by molar-refractivity contribution is 0.259. The van der Waals surface area contributed by atoms with E-state index >= 15 is 0 Å². The van der Waals surface area contributed by atoms with Crippen LogP contribution in [0.15, 0.2) is 5.38 Å². The summed E-state index contributed by atoms with van der Waals surface area (Å²) in [5.74, 6) is 0. The standard InChI is InChI=1S/C6H9N3OS/c1-2-4-3-11-6(8-4)9-5(7)10/h3H,2H2,1H3,(H3,7,8,9,10). The van der Waals surface area contributed by atoms with Gasteiger partial charge in [0.2, 0.25) is 0 Å². The Balaban J connectivity index is 2.65. The van der Waals surface area contributed by atoms with Gasteiger partial charge in [0.25, 0.3) is 0 Å². The maximum absolute atomic E-state index is 10.3. The fraction of sp³-hybridized carbons (Fsp3) is 0.333. The third-order valence-corrected chi connectivity index (χ3v) is 1.95. The van der Waals surface area contributed by atoms with E-state index in [0.29, 0.717) is 5.13 Å². The van der Waals surface area contributed by atoms with Crippen molar-refractivity contribution in [1.82, 2.24) is 4.98 Å². The van der Waals surface area contributed by atoms with Crippen molar-refractivity contribution in [2.75, 3.05) is 5.32 Å². The highest BCUT2D eigenvalue weighted by atomic mass is 32.1. The second-order valence-electron chi connectivity index (χ2n) is 1.99. The highest BCUT2D eigenvalue weighted by Crippen LogP contribution is 2.14. The summed E-state index contributed by atoms with van der Waals surface area (Å²) in [5, 5.41) is 4.86. The van der Waals surface area contributed by atoms with E-state index < -0.39 is 6.03 Å². The number of urea groups is 1. The molecular formula is C6H9N3OS. The number of anilines is 1. The minimum Gasteiger partial charge on any atom is -0.351 e. The molecule has 0 saturated heterocycles. The Hall–Kier alpha value is -1.10. The lowest BCUT2D eigenvalue weighted by Gasteiger charge is -1.92. The van der Waals surface area contributed by atoms with Gasteiger partial charge < -0.3 is 5.73 Å². The molecule has 0 aromatic carbocycles. The van der Waals surface area contributed by atoms with Gasteiger partial charge in [0.1, 0.15) is 0 Å². The molecule has 1 rings (SSSR count). The minimum atomic E-state index is -0.568. The maximum Gasteiger partial charge on any atom is 0.318 e. The Morgan fingerprint density at radius 3 is 3.09 bits per heavy atom. The Labute approximate surface area is 68.4 Å². The SMILES string of the molecule is CCc1csc(NC(N)=O)n1. The van der Waals surface area contributed by atoms with Crippen LogP contribution < -0.4 is 11.1 Å². The lowest BCUT2D eigenvalue weighted by atomic mass is 10.4. The topological polar surface area (TPSA) is 68.0 Å². The largest absolute Gasteiger partial charge is 0.351 e. The number of nitrogens with zero attached hydrogens (tertiary/aromatic N) is 1. The average Bonchev–Trinajstić information content (AvgIpc) is 2.34. The molecular weight excluding hydrogens is 162 g/mol. The van der Waals surface area contributed by atoms with E-state index in [0.717, 1.165) is 12.1 Å². The normalized spacial score (nSPS) is 9.55. The number of aromatic nitrogens is 1. The molecule has 1 heterocycles. The van der Waals surface area contributed by atoms with Crippen LogP contribution >= 0.6 is 11.3 Å². The molecule has 0 radical (unpaired) electrons. The summed E-state index contributed by atoms with van der Waals surface area (Å²) in [6.07, 6.45) is 0.872. The number of hydrogen-bond acceptors (Lipinski definition) is 3. The third-order valence-electron chi connectivity index (χ3n) is 1.14. The molecule has 1 aromatic heterocycles. The highest BCUT2D eigenvalue weighted by Gasteiger charge is 2.00. The van der Waals surface area contributed by atoms with E-state index in [1.165, 1.54) is 11.3 Å². The Morgan fingerprint density at radius 2 is 2.64 bits per heavy atom. The van der Waals surface area contributed by atoms with Crippen molar-refractivity contribution < 1.29 is 4.79 Å². The Kier molecular flexibility index (Phi) is 2.43. The number of nitrogens with one attached hydrogen (secondary N) is 1. The van der Waals surface area contributed by atoms with E-state index in [9.17, 15) is 4.79 Å². The van der Waals surface area contributed by atoms with Gasteiger partial charge >= 0.3 is 6.03 Å². The Morgan fingerprint density at radius 1 is 1.91 bits per heavy atom. The van der Waals surface area contributed by atoms with Crippen LogP contribution in [0.5, 0.6) is 0 Å². The number of thiazole rings is 1. The highest BCUT2D eigenvalue weighted by molar-refractivity contribution is 7.13. The van der Waals surface area contributed by atoms with Crippen LogP contribution in [0.4, 0.5) is 9.93 Å². The van der Waals surface area contributed by atoms with E-state index in [1.807, 2.05) is 12.3 Å². The molecule has 0 spiro atoms. The number of carbonyl (C=O) groups is 1. The molecule has 0 aliphatic heterocycles. The molecule has 0 bridgehead atoms. The van der Waals surface area contributed by atoms with Gasteiger partial charge in [-0.25, -0.2) is 9.78 Å². The van der Waals surface area contributed by atoms with Crippen LogP contribution in [-0.4, -0.2) is 11.0 Å². The van der Waals surface area contributed by atoms with Crippen LogP contribution in [0.25, 0.3) is 0 Å². The molecule has 11 heavy (non-hydrogen) atoms. The molecule has 0 aliphatic rings. The molecule has 0 aliphatic carbocycles. The van der Waals surface area contributed by atoms with Gasteiger partial charge in [0, 0.05) is 5.38 Å². The molecule has 3 N–H and O–H groups in total. The van der Waals surface area contributed by atoms with E-state index in [-0.39, 0.29) is 0 Å². The van der Waals surface area contributed by atoms with E-state index in [2.05, 4.69) is 10.3 Å². The van der Waals surface area contributed by atoms with Gasteiger partial charge in [-0.2, -0.15) is 0 Å². The summed E-state index contributed by atoms with van der Waals surface area (Å²) < 4.78 is 0.